The molecule has 1 amide bonds. The molecule has 0 aromatic heterocycles. The molecule has 1 heterocycles. The Balaban J connectivity index is 1.75. The minimum absolute atomic E-state index is 0.0490. The molecule has 0 bridgehead atoms. The molecule has 6 nitrogen and oxygen atoms in total. The number of aryl methyl sites for hydroxylation is 1. The van der Waals surface area contributed by atoms with Gasteiger partial charge in [-0.2, -0.15) is 4.31 Å². The van der Waals surface area contributed by atoms with Gasteiger partial charge in [0.05, 0.1) is 22.4 Å². The summed E-state index contributed by atoms with van der Waals surface area (Å²) in [6, 6.07) is 8.50. The molecule has 0 aliphatic carbocycles. The lowest BCUT2D eigenvalue weighted by Crippen LogP contribution is -2.43. The van der Waals surface area contributed by atoms with Crippen LogP contribution in [0.3, 0.4) is 0 Å². The predicted molar refractivity (Wildman–Crippen MR) is 114 cm³/mol. The Kier molecular flexibility index (Phi) is 7.00. The number of halogens is 2. The maximum absolute atomic E-state index is 13.5. The lowest BCUT2D eigenvalue weighted by molar-refractivity contribution is -0.120. The number of anilines is 1. The first-order valence-electron chi connectivity index (χ1n) is 9.72. The average Bonchev–Trinajstić information content (AvgIpc) is 2.72. The van der Waals surface area contributed by atoms with Crippen molar-refractivity contribution in [1.82, 2.24) is 4.31 Å². The van der Waals surface area contributed by atoms with Crippen LogP contribution in [0.2, 0.25) is 5.02 Å². The number of nitrogens with one attached hydrogen (secondary N) is 1. The Morgan fingerprint density at radius 2 is 2.07 bits per heavy atom. The van der Waals surface area contributed by atoms with Gasteiger partial charge in [-0.15, -0.1) is 0 Å². The highest BCUT2D eigenvalue weighted by atomic mass is 35.5. The van der Waals surface area contributed by atoms with E-state index in [4.69, 9.17) is 16.3 Å². The minimum atomic E-state index is -3.82. The van der Waals surface area contributed by atoms with Crippen LogP contribution in [0.4, 0.5) is 10.1 Å². The Hall–Kier alpha value is -2.16. The van der Waals surface area contributed by atoms with Crippen LogP contribution < -0.4 is 10.1 Å². The molecule has 162 valence electrons. The van der Waals surface area contributed by atoms with Crippen LogP contribution in [0.15, 0.2) is 41.3 Å². The molecule has 9 heteroatoms. The summed E-state index contributed by atoms with van der Waals surface area (Å²) in [6.45, 7) is 4.36. The molecule has 1 N–H and O–H groups in total. The highest BCUT2D eigenvalue weighted by molar-refractivity contribution is 7.89. The molecular weight excluding hydrogens is 431 g/mol. The summed E-state index contributed by atoms with van der Waals surface area (Å²) in [6.07, 6.45) is 1.10. The topological polar surface area (TPSA) is 75.7 Å². The van der Waals surface area contributed by atoms with E-state index in [2.05, 4.69) is 5.32 Å². The van der Waals surface area contributed by atoms with Gasteiger partial charge in [0.2, 0.25) is 15.9 Å². The molecule has 1 aliphatic rings. The van der Waals surface area contributed by atoms with Gasteiger partial charge in [0, 0.05) is 18.8 Å². The molecule has 1 saturated heterocycles. The molecule has 1 atom stereocenters. The summed E-state index contributed by atoms with van der Waals surface area (Å²) in [5.74, 6) is -0.890. The molecular formula is C21H24ClFN2O4S. The van der Waals surface area contributed by atoms with E-state index in [-0.39, 0.29) is 22.4 Å². The molecule has 0 radical (unpaired) electrons. The van der Waals surface area contributed by atoms with Crippen LogP contribution in [0.1, 0.15) is 25.3 Å². The normalized spacial score (nSPS) is 17.5. The van der Waals surface area contributed by atoms with Gasteiger partial charge in [-0.1, -0.05) is 17.7 Å². The number of hydrogen-bond donors (Lipinski definition) is 1. The fraction of sp³-hybridized carbons (Fsp3) is 0.381. The molecule has 2 aromatic rings. The van der Waals surface area contributed by atoms with E-state index in [0.29, 0.717) is 37.4 Å². The zero-order valence-electron chi connectivity index (χ0n) is 16.8. The summed E-state index contributed by atoms with van der Waals surface area (Å²) < 4.78 is 46.3. The first-order chi connectivity index (χ1) is 14.2. The fourth-order valence-corrected chi connectivity index (χ4v) is 5.25. The quantitative estimate of drug-likeness (QED) is 0.708. The molecule has 1 aliphatic heterocycles. The Labute approximate surface area is 181 Å². The number of carbonyl (C=O) groups is 1. The fourth-order valence-electron chi connectivity index (χ4n) is 3.40. The smallest absolute Gasteiger partial charge is 0.243 e. The summed E-state index contributed by atoms with van der Waals surface area (Å²) in [7, 11) is -3.82. The van der Waals surface area contributed by atoms with Crippen molar-refractivity contribution in [2.75, 3.05) is 25.0 Å². The summed E-state index contributed by atoms with van der Waals surface area (Å²) in [5, 5.41) is 2.94. The molecule has 2 aromatic carbocycles. The maximum atomic E-state index is 13.5. The second-order valence-electron chi connectivity index (χ2n) is 7.18. The van der Waals surface area contributed by atoms with Gasteiger partial charge in [0.25, 0.3) is 0 Å². The van der Waals surface area contributed by atoms with E-state index >= 15 is 0 Å². The van der Waals surface area contributed by atoms with Gasteiger partial charge in [-0.3, -0.25) is 4.79 Å². The molecule has 0 unspecified atom stereocenters. The number of sulfonamides is 1. The zero-order chi connectivity index (χ0) is 21.9. The van der Waals surface area contributed by atoms with E-state index < -0.39 is 21.8 Å². The first-order valence-corrected chi connectivity index (χ1v) is 11.5. The van der Waals surface area contributed by atoms with Crippen LogP contribution in [-0.2, 0) is 14.8 Å². The van der Waals surface area contributed by atoms with Crippen molar-refractivity contribution in [2.24, 2.45) is 5.92 Å². The number of amides is 1. The minimum Gasteiger partial charge on any atom is -0.492 e. The van der Waals surface area contributed by atoms with Crippen LogP contribution >= 0.6 is 11.6 Å². The van der Waals surface area contributed by atoms with Crippen LogP contribution in [0.25, 0.3) is 0 Å². The molecule has 0 spiro atoms. The first kappa shape index (κ1) is 22.5. The monoisotopic (exact) mass is 454 g/mol. The van der Waals surface area contributed by atoms with Crippen molar-refractivity contribution >= 4 is 33.2 Å². The van der Waals surface area contributed by atoms with Crippen molar-refractivity contribution in [1.29, 1.82) is 0 Å². The van der Waals surface area contributed by atoms with Gasteiger partial charge in [-0.25, -0.2) is 12.8 Å². The molecule has 3 rings (SSSR count). The average molecular weight is 455 g/mol. The van der Waals surface area contributed by atoms with Crippen molar-refractivity contribution in [3.63, 3.8) is 0 Å². The lowest BCUT2D eigenvalue weighted by Gasteiger charge is -2.31. The summed E-state index contributed by atoms with van der Waals surface area (Å²) in [4.78, 5) is 12.8. The second-order valence-corrected chi connectivity index (χ2v) is 9.52. The lowest BCUT2D eigenvalue weighted by atomic mass is 9.98. The third-order valence-electron chi connectivity index (χ3n) is 5.05. The van der Waals surface area contributed by atoms with E-state index in [9.17, 15) is 17.6 Å². The number of nitrogens with zero attached hydrogens (tertiary/aromatic N) is 1. The summed E-state index contributed by atoms with van der Waals surface area (Å²) in [5.41, 5.74) is 1.12. The molecule has 30 heavy (non-hydrogen) atoms. The molecule has 1 fully saturated rings. The van der Waals surface area contributed by atoms with E-state index in [0.717, 1.165) is 5.56 Å². The second kappa shape index (κ2) is 9.32. The predicted octanol–water partition coefficient (Wildman–Crippen LogP) is 4.23. The van der Waals surface area contributed by atoms with Crippen molar-refractivity contribution in [3.8, 4) is 5.75 Å². The highest BCUT2D eigenvalue weighted by Gasteiger charge is 2.33. The standard InChI is InChI=1S/C21H24ClFN2O4S/c1-3-29-20-9-8-17(12-18(20)22)30(27,28)25-10-4-5-15(13-25)21(26)24-19-11-16(23)7-6-14(19)2/h6-9,11-12,15H,3-5,10,13H2,1-2H3,(H,24,26)/t15-/m0/s1. The van der Waals surface area contributed by atoms with Crippen molar-refractivity contribution < 1.29 is 22.3 Å². The van der Waals surface area contributed by atoms with Gasteiger partial charge >= 0.3 is 0 Å². The van der Waals surface area contributed by atoms with Gasteiger partial charge in [-0.05, 0) is 62.6 Å². The highest BCUT2D eigenvalue weighted by Crippen LogP contribution is 2.31. The van der Waals surface area contributed by atoms with E-state index in [1.165, 1.54) is 34.6 Å². The molecule has 0 saturated carbocycles. The van der Waals surface area contributed by atoms with E-state index in [1.54, 1.807) is 13.0 Å². The SMILES string of the molecule is CCOc1ccc(S(=O)(=O)N2CCC[C@H](C(=O)Nc3cc(F)ccc3C)C2)cc1Cl. The van der Waals surface area contributed by atoms with Gasteiger partial charge < -0.3 is 10.1 Å². The van der Waals surface area contributed by atoms with Crippen LogP contribution in [0, 0.1) is 18.7 Å². The third kappa shape index (κ3) is 4.94. The Bertz CT molecular complexity index is 1050. The number of hydrogen-bond acceptors (Lipinski definition) is 4. The summed E-state index contributed by atoms with van der Waals surface area (Å²) >= 11 is 6.15. The maximum Gasteiger partial charge on any atom is 0.243 e. The van der Waals surface area contributed by atoms with Crippen molar-refractivity contribution in [3.05, 3.63) is 52.8 Å². The third-order valence-corrected chi connectivity index (χ3v) is 7.21. The Morgan fingerprint density at radius 3 is 2.77 bits per heavy atom. The van der Waals surface area contributed by atoms with Crippen molar-refractivity contribution in [2.45, 2.75) is 31.6 Å². The zero-order valence-corrected chi connectivity index (χ0v) is 18.4. The van der Waals surface area contributed by atoms with Crippen LogP contribution in [-0.4, -0.2) is 38.3 Å². The van der Waals surface area contributed by atoms with Gasteiger partial charge in [0.1, 0.15) is 11.6 Å². The largest absolute Gasteiger partial charge is 0.492 e. The number of rotatable bonds is 6. The van der Waals surface area contributed by atoms with Gasteiger partial charge in [0.15, 0.2) is 0 Å². The number of carbonyl (C=O) groups excluding carboxylic acids is 1. The number of benzene rings is 2. The van der Waals surface area contributed by atoms with E-state index in [1.807, 2.05) is 6.92 Å². The van der Waals surface area contributed by atoms with Crippen LogP contribution in [0.5, 0.6) is 5.75 Å². The Morgan fingerprint density at radius 1 is 1.30 bits per heavy atom. The number of ether oxygens (including phenoxy) is 1. The number of piperidine rings is 1.